The molecule has 0 aliphatic heterocycles. The van der Waals surface area contributed by atoms with Crippen molar-refractivity contribution in [3.05, 3.63) is 24.9 Å². The first-order valence-electron chi connectivity index (χ1n) is 4.94. The van der Waals surface area contributed by atoms with E-state index in [1.807, 2.05) is 6.08 Å². The third kappa shape index (κ3) is 1.79. The molecule has 1 aliphatic carbocycles. The Kier molecular flexibility index (Phi) is 2.56. The van der Waals surface area contributed by atoms with Gasteiger partial charge in [-0.05, 0) is 31.4 Å². The summed E-state index contributed by atoms with van der Waals surface area (Å²) in [6.45, 7) is 10.7. The summed E-state index contributed by atoms with van der Waals surface area (Å²) in [5, 5.41) is 0. The standard InChI is InChI=1S/C12H21N/c1-6-7-8-9-13(5)12(4)10-11(12,2)3/h6,8-9H,1,7,10H2,2-5H3/b9-8-. The van der Waals surface area contributed by atoms with E-state index in [0.29, 0.717) is 11.0 Å². The molecule has 0 saturated heterocycles. The Balaban J connectivity index is 2.50. The van der Waals surface area contributed by atoms with E-state index < -0.39 is 0 Å². The van der Waals surface area contributed by atoms with Gasteiger partial charge in [0.15, 0.2) is 0 Å². The third-order valence-electron chi connectivity index (χ3n) is 3.53. The van der Waals surface area contributed by atoms with Crippen LogP contribution in [0.4, 0.5) is 0 Å². The van der Waals surface area contributed by atoms with Crippen molar-refractivity contribution in [2.45, 2.75) is 39.2 Å². The smallest absolute Gasteiger partial charge is 0.0423 e. The Labute approximate surface area is 82.1 Å². The maximum absolute atomic E-state index is 3.69. The molecule has 0 amide bonds. The Morgan fingerprint density at radius 3 is 2.31 bits per heavy atom. The van der Waals surface area contributed by atoms with Crippen LogP contribution in [-0.2, 0) is 0 Å². The molecule has 0 aromatic heterocycles. The Morgan fingerprint density at radius 1 is 1.38 bits per heavy atom. The molecule has 1 unspecified atom stereocenters. The highest BCUT2D eigenvalue weighted by atomic mass is 15.2. The molecule has 74 valence electrons. The van der Waals surface area contributed by atoms with Crippen LogP contribution in [0.25, 0.3) is 0 Å². The maximum Gasteiger partial charge on any atom is 0.0423 e. The van der Waals surface area contributed by atoms with Crippen LogP contribution in [0.1, 0.15) is 33.6 Å². The van der Waals surface area contributed by atoms with Crippen LogP contribution in [0.2, 0.25) is 0 Å². The summed E-state index contributed by atoms with van der Waals surface area (Å²) in [5.74, 6) is 0. The zero-order chi connectivity index (χ0) is 10.1. The van der Waals surface area contributed by atoms with Gasteiger partial charge in [0.1, 0.15) is 0 Å². The molecule has 0 heterocycles. The van der Waals surface area contributed by atoms with Crippen LogP contribution in [0.3, 0.4) is 0 Å². The van der Waals surface area contributed by atoms with E-state index in [2.05, 4.69) is 51.6 Å². The lowest BCUT2D eigenvalue weighted by molar-refractivity contribution is 0.272. The van der Waals surface area contributed by atoms with E-state index in [1.165, 1.54) is 6.42 Å². The number of allylic oxidation sites excluding steroid dienone is 2. The quantitative estimate of drug-likeness (QED) is 0.599. The highest BCUT2D eigenvalue weighted by molar-refractivity contribution is 5.16. The molecular weight excluding hydrogens is 158 g/mol. The van der Waals surface area contributed by atoms with Crippen molar-refractivity contribution in [1.82, 2.24) is 4.90 Å². The molecule has 1 fully saturated rings. The normalized spacial score (nSPS) is 30.5. The van der Waals surface area contributed by atoms with Gasteiger partial charge in [0.25, 0.3) is 0 Å². The molecule has 1 heteroatoms. The van der Waals surface area contributed by atoms with Crippen LogP contribution in [-0.4, -0.2) is 17.5 Å². The molecular formula is C12H21N. The van der Waals surface area contributed by atoms with E-state index in [9.17, 15) is 0 Å². The summed E-state index contributed by atoms with van der Waals surface area (Å²) in [6, 6.07) is 0. The number of hydrogen-bond donors (Lipinski definition) is 0. The van der Waals surface area contributed by atoms with E-state index >= 15 is 0 Å². The van der Waals surface area contributed by atoms with Crippen LogP contribution >= 0.6 is 0 Å². The number of hydrogen-bond acceptors (Lipinski definition) is 1. The lowest BCUT2D eigenvalue weighted by atomic mass is 10.1. The van der Waals surface area contributed by atoms with Gasteiger partial charge in [-0.1, -0.05) is 26.0 Å². The minimum absolute atomic E-state index is 0.366. The van der Waals surface area contributed by atoms with Crippen molar-refractivity contribution in [2.75, 3.05) is 7.05 Å². The predicted octanol–water partition coefficient (Wildman–Crippen LogP) is 3.20. The second-order valence-electron chi connectivity index (χ2n) is 4.85. The van der Waals surface area contributed by atoms with Crippen LogP contribution in [0, 0.1) is 5.41 Å². The molecule has 0 N–H and O–H groups in total. The molecule has 13 heavy (non-hydrogen) atoms. The Hall–Kier alpha value is -0.720. The average molecular weight is 179 g/mol. The van der Waals surface area contributed by atoms with Crippen LogP contribution < -0.4 is 0 Å². The average Bonchev–Trinajstić information content (AvgIpc) is 2.53. The second-order valence-corrected chi connectivity index (χ2v) is 4.85. The molecule has 1 rings (SSSR count). The van der Waals surface area contributed by atoms with Gasteiger partial charge < -0.3 is 4.90 Å². The van der Waals surface area contributed by atoms with E-state index in [0.717, 1.165) is 6.42 Å². The van der Waals surface area contributed by atoms with Crippen LogP contribution in [0.5, 0.6) is 0 Å². The van der Waals surface area contributed by atoms with E-state index in [1.54, 1.807) is 0 Å². The lowest BCUT2D eigenvalue weighted by Crippen LogP contribution is -2.30. The molecule has 0 aromatic carbocycles. The first-order valence-corrected chi connectivity index (χ1v) is 4.94. The highest BCUT2D eigenvalue weighted by Crippen LogP contribution is 2.58. The second kappa shape index (κ2) is 3.21. The van der Waals surface area contributed by atoms with Gasteiger partial charge in [0.2, 0.25) is 0 Å². The Bertz CT molecular complexity index is 227. The fraction of sp³-hybridized carbons (Fsp3) is 0.667. The lowest BCUT2D eigenvalue weighted by Gasteiger charge is -2.26. The molecule has 1 atom stereocenters. The third-order valence-corrected chi connectivity index (χ3v) is 3.53. The first-order chi connectivity index (χ1) is 5.94. The van der Waals surface area contributed by atoms with Gasteiger partial charge >= 0.3 is 0 Å². The zero-order valence-electron chi connectivity index (χ0n) is 9.30. The van der Waals surface area contributed by atoms with Crippen molar-refractivity contribution in [3.63, 3.8) is 0 Å². The summed E-state index contributed by atoms with van der Waals surface area (Å²) in [6.07, 6.45) is 8.50. The number of rotatable bonds is 4. The van der Waals surface area contributed by atoms with Crippen molar-refractivity contribution >= 4 is 0 Å². The van der Waals surface area contributed by atoms with Crippen LogP contribution in [0.15, 0.2) is 24.9 Å². The Morgan fingerprint density at radius 2 is 1.92 bits per heavy atom. The summed E-state index contributed by atoms with van der Waals surface area (Å²) >= 11 is 0. The summed E-state index contributed by atoms with van der Waals surface area (Å²) in [4.78, 5) is 2.33. The number of nitrogens with zero attached hydrogens (tertiary/aromatic N) is 1. The minimum Gasteiger partial charge on any atom is -0.375 e. The SMILES string of the molecule is C=CC/C=C\N(C)C1(C)CC1(C)C. The predicted molar refractivity (Wildman–Crippen MR) is 58.5 cm³/mol. The van der Waals surface area contributed by atoms with Gasteiger partial charge in [-0.25, -0.2) is 0 Å². The molecule has 1 saturated carbocycles. The van der Waals surface area contributed by atoms with Crippen molar-refractivity contribution in [1.29, 1.82) is 0 Å². The first kappa shape index (κ1) is 10.4. The molecule has 0 aromatic rings. The van der Waals surface area contributed by atoms with Gasteiger partial charge in [-0.2, -0.15) is 0 Å². The largest absolute Gasteiger partial charge is 0.375 e. The molecule has 0 spiro atoms. The summed E-state index contributed by atoms with van der Waals surface area (Å²) < 4.78 is 0. The van der Waals surface area contributed by atoms with Gasteiger partial charge in [-0.15, -0.1) is 6.58 Å². The molecule has 0 radical (unpaired) electrons. The summed E-state index contributed by atoms with van der Waals surface area (Å²) in [7, 11) is 2.16. The molecule has 0 bridgehead atoms. The monoisotopic (exact) mass is 179 g/mol. The molecule has 1 aliphatic rings. The van der Waals surface area contributed by atoms with Crippen molar-refractivity contribution in [2.24, 2.45) is 5.41 Å². The minimum atomic E-state index is 0.366. The maximum atomic E-state index is 3.69. The van der Waals surface area contributed by atoms with Crippen molar-refractivity contribution < 1.29 is 0 Å². The van der Waals surface area contributed by atoms with Crippen molar-refractivity contribution in [3.8, 4) is 0 Å². The fourth-order valence-corrected chi connectivity index (χ4v) is 1.90. The van der Waals surface area contributed by atoms with Gasteiger partial charge in [0, 0.05) is 12.6 Å². The topological polar surface area (TPSA) is 3.24 Å². The van der Waals surface area contributed by atoms with E-state index in [-0.39, 0.29) is 0 Å². The molecule has 1 nitrogen and oxygen atoms in total. The van der Waals surface area contributed by atoms with Gasteiger partial charge in [-0.3, -0.25) is 0 Å². The fourth-order valence-electron chi connectivity index (χ4n) is 1.90. The van der Waals surface area contributed by atoms with Gasteiger partial charge in [0.05, 0.1) is 0 Å². The summed E-state index contributed by atoms with van der Waals surface area (Å²) in [5.41, 5.74) is 0.838. The van der Waals surface area contributed by atoms with E-state index in [4.69, 9.17) is 0 Å². The highest BCUT2D eigenvalue weighted by Gasteiger charge is 2.59. The zero-order valence-corrected chi connectivity index (χ0v) is 9.30.